The monoisotopic (exact) mass is 946 g/mol. The largest absolute Gasteiger partial charge is 0.335 e. The molecule has 4 atom stereocenters. The number of hydrogen-bond donors (Lipinski definition) is 0. The first-order valence-corrected chi connectivity index (χ1v) is 27.7. The summed E-state index contributed by atoms with van der Waals surface area (Å²) < 4.78 is 0. The van der Waals surface area contributed by atoms with Crippen LogP contribution in [0.4, 0.5) is 39.8 Å². The van der Waals surface area contributed by atoms with Crippen molar-refractivity contribution in [2.45, 2.75) is 180 Å². The molecule has 13 rings (SSSR count). The third-order valence-corrected chi connectivity index (χ3v) is 20.2. The number of nitrogens with zero attached hydrogens (tertiary/aromatic N) is 3. The van der Waals surface area contributed by atoms with Crippen molar-refractivity contribution in [3.05, 3.63) is 155 Å². The van der Waals surface area contributed by atoms with Crippen molar-refractivity contribution in [1.29, 1.82) is 0 Å². The number of anilines is 7. The Morgan fingerprint density at radius 3 is 1.69 bits per heavy atom. The van der Waals surface area contributed by atoms with Crippen LogP contribution in [0.15, 0.2) is 127 Å². The molecule has 2 saturated carbocycles. The van der Waals surface area contributed by atoms with E-state index in [1.165, 1.54) is 145 Å². The molecule has 0 aromatic heterocycles. The summed E-state index contributed by atoms with van der Waals surface area (Å²) >= 11 is 0. The first kappa shape index (κ1) is 46.1. The van der Waals surface area contributed by atoms with Gasteiger partial charge in [-0.3, -0.25) is 0 Å². The summed E-state index contributed by atoms with van der Waals surface area (Å²) in [6.07, 6.45) is 9.78. The number of benzene rings is 7. The third kappa shape index (κ3) is 6.10. The average Bonchev–Trinajstić information content (AvgIpc) is 3.69. The molecule has 4 heteroatoms. The first-order valence-electron chi connectivity index (χ1n) is 27.7. The van der Waals surface area contributed by atoms with Crippen LogP contribution in [0.1, 0.15) is 169 Å². The van der Waals surface area contributed by atoms with Crippen LogP contribution >= 0.6 is 0 Å². The summed E-state index contributed by atoms with van der Waals surface area (Å²) in [7, 11) is 0. The summed E-state index contributed by atoms with van der Waals surface area (Å²) in [5.74, 6) is 0. The Morgan fingerprint density at radius 2 is 1.00 bits per heavy atom. The van der Waals surface area contributed by atoms with Gasteiger partial charge in [-0.1, -0.05) is 187 Å². The molecule has 6 aliphatic rings. The van der Waals surface area contributed by atoms with Crippen LogP contribution in [0.25, 0.3) is 21.9 Å². The zero-order valence-corrected chi connectivity index (χ0v) is 45.7. The molecule has 2 fully saturated rings. The second kappa shape index (κ2) is 15.0. The molecule has 366 valence electrons. The lowest BCUT2D eigenvalue weighted by Crippen LogP contribution is -2.65. The summed E-state index contributed by atoms with van der Waals surface area (Å²) in [5.41, 5.74) is 23.4. The molecule has 2 aliphatic carbocycles. The maximum Gasteiger partial charge on any atom is 0.252 e. The van der Waals surface area contributed by atoms with Crippen molar-refractivity contribution in [1.82, 2.24) is 0 Å². The fourth-order valence-corrected chi connectivity index (χ4v) is 15.5. The van der Waals surface area contributed by atoms with Gasteiger partial charge in [0.25, 0.3) is 6.71 Å². The molecule has 0 saturated heterocycles. The highest BCUT2D eigenvalue weighted by Crippen LogP contribution is 2.65. The lowest BCUT2D eigenvalue weighted by atomic mass is 9.33. The van der Waals surface area contributed by atoms with E-state index in [1.54, 1.807) is 5.56 Å². The van der Waals surface area contributed by atoms with Crippen LogP contribution < -0.4 is 31.1 Å². The SMILES string of the molecule is CC(C)(C)c1ccc2c(c1)B1c3cc(C(C)(C)C)cc4c3N(c3cc(N5c6ccccc6C6(C)CCCCC56C)cc(c31)N2c1ccc(C(C)(C)C)cc1-c1ccc2ccccc2c1)C1(C)CCCCC41C. The third-order valence-electron chi connectivity index (χ3n) is 20.2. The predicted octanol–water partition coefficient (Wildman–Crippen LogP) is 16.5. The van der Waals surface area contributed by atoms with Gasteiger partial charge in [0.2, 0.25) is 0 Å². The minimum atomic E-state index is -0.106. The van der Waals surface area contributed by atoms with Crippen LogP contribution in [-0.4, -0.2) is 17.8 Å². The van der Waals surface area contributed by atoms with Crippen molar-refractivity contribution in [3.8, 4) is 11.1 Å². The maximum atomic E-state index is 2.97. The average molecular weight is 946 g/mol. The summed E-state index contributed by atoms with van der Waals surface area (Å²) in [6.45, 7) is 32.1. The number of hydrogen-bond acceptors (Lipinski definition) is 3. The van der Waals surface area contributed by atoms with Crippen molar-refractivity contribution >= 4 is 73.7 Å². The van der Waals surface area contributed by atoms with Gasteiger partial charge in [0, 0.05) is 50.5 Å². The molecule has 7 aromatic carbocycles. The quantitative estimate of drug-likeness (QED) is 0.163. The lowest BCUT2D eigenvalue weighted by molar-refractivity contribution is 0.194. The highest BCUT2D eigenvalue weighted by molar-refractivity contribution is 7.00. The van der Waals surface area contributed by atoms with Crippen LogP contribution in [0.2, 0.25) is 0 Å². The Kier molecular flexibility index (Phi) is 9.57. The number of rotatable bonds is 3. The fraction of sp³-hybridized carbons (Fsp3) is 0.412. The van der Waals surface area contributed by atoms with Crippen LogP contribution in [0.3, 0.4) is 0 Å². The lowest BCUT2D eigenvalue weighted by Gasteiger charge is -2.54. The molecule has 4 heterocycles. The second-order valence-corrected chi connectivity index (χ2v) is 27.3. The molecule has 0 amide bonds. The van der Waals surface area contributed by atoms with E-state index in [0.717, 1.165) is 6.42 Å². The van der Waals surface area contributed by atoms with E-state index in [1.807, 2.05) is 0 Å². The van der Waals surface area contributed by atoms with Crippen LogP contribution in [0, 0.1) is 0 Å². The van der Waals surface area contributed by atoms with E-state index in [-0.39, 0.29) is 44.9 Å². The van der Waals surface area contributed by atoms with Crippen LogP contribution in [0.5, 0.6) is 0 Å². The minimum Gasteiger partial charge on any atom is -0.335 e. The van der Waals surface area contributed by atoms with E-state index in [0.29, 0.717) is 0 Å². The first-order chi connectivity index (χ1) is 34.1. The van der Waals surface area contributed by atoms with Gasteiger partial charge in [-0.05, 0) is 159 Å². The van der Waals surface area contributed by atoms with Crippen molar-refractivity contribution in [2.24, 2.45) is 0 Å². The Balaban J connectivity index is 1.19. The Labute approximate surface area is 432 Å². The van der Waals surface area contributed by atoms with Gasteiger partial charge >= 0.3 is 0 Å². The Hall–Kier alpha value is -5.74. The number of fused-ring (bicyclic) bond motifs is 11. The summed E-state index contributed by atoms with van der Waals surface area (Å²) in [6, 6.07) is 51.3. The Bertz CT molecular complexity index is 3430. The van der Waals surface area contributed by atoms with Crippen molar-refractivity contribution < 1.29 is 0 Å². The smallest absolute Gasteiger partial charge is 0.252 e. The summed E-state index contributed by atoms with van der Waals surface area (Å²) in [5, 5.41) is 2.54. The zero-order valence-electron chi connectivity index (χ0n) is 45.7. The molecule has 0 radical (unpaired) electrons. The zero-order chi connectivity index (χ0) is 50.3. The molecule has 72 heavy (non-hydrogen) atoms. The van der Waals surface area contributed by atoms with Gasteiger partial charge in [-0.15, -0.1) is 0 Å². The van der Waals surface area contributed by atoms with Crippen LogP contribution in [-0.2, 0) is 27.1 Å². The molecular weight excluding hydrogens is 870 g/mol. The molecule has 0 spiro atoms. The normalized spacial score (nSPS) is 25.0. The second-order valence-electron chi connectivity index (χ2n) is 27.3. The van der Waals surface area contributed by atoms with Gasteiger partial charge in [0.1, 0.15) is 0 Å². The van der Waals surface area contributed by atoms with Crippen molar-refractivity contribution in [2.75, 3.05) is 14.7 Å². The topological polar surface area (TPSA) is 9.72 Å². The predicted molar refractivity (Wildman–Crippen MR) is 310 cm³/mol. The molecule has 0 bridgehead atoms. The molecule has 3 nitrogen and oxygen atoms in total. The van der Waals surface area contributed by atoms with E-state index >= 15 is 0 Å². The number of para-hydroxylation sites is 1. The van der Waals surface area contributed by atoms with Crippen molar-refractivity contribution in [3.63, 3.8) is 0 Å². The standard InChI is InChI=1S/C68H76BN3/c1-62(2,3)46-28-30-55(50(37-46)45-27-26-43-22-14-15-23-44(43)36-45)70-57-31-29-47(63(4,5)6)39-53(57)69-54-40-48(64(7,8)9)38-52-61(54)72(68(13)35-21-19-33-66(52,68)11)59-42-49(41-58(70)60(59)69)71-56-25-17-16-24-51(56)65(10)32-18-20-34-67(65,71)12/h14-17,22-31,36-42H,18-21,32-35H2,1-13H3. The van der Waals surface area contributed by atoms with Gasteiger partial charge < -0.3 is 14.7 Å². The highest BCUT2D eigenvalue weighted by atomic mass is 15.3. The van der Waals surface area contributed by atoms with E-state index in [2.05, 4.69) is 232 Å². The maximum absolute atomic E-state index is 2.97. The van der Waals surface area contributed by atoms with Gasteiger partial charge in [-0.2, -0.15) is 0 Å². The molecule has 7 aromatic rings. The fourth-order valence-electron chi connectivity index (χ4n) is 15.5. The minimum absolute atomic E-state index is 0.0110. The van der Waals surface area contributed by atoms with E-state index in [4.69, 9.17) is 0 Å². The van der Waals surface area contributed by atoms with Gasteiger partial charge in [0.15, 0.2) is 0 Å². The summed E-state index contributed by atoms with van der Waals surface area (Å²) in [4.78, 5) is 8.57. The van der Waals surface area contributed by atoms with E-state index in [9.17, 15) is 0 Å². The highest BCUT2D eigenvalue weighted by Gasteiger charge is 2.63. The molecule has 0 N–H and O–H groups in total. The molecule has 4 aliphatic heterocycles. The van der Waals surface area contributed by atoms with Gasteiger partial charge in [0.05, 0.1) is 16.8 Å². The Morgan fingerprint density at radius 1 is 0.431 bits per heavy atom. The van der Waals surface area contributed by atoms with Gasteiger partial charge in [-0.25, -0.2) is 0 Å². The van der Waals surface area contributed by atoms with E-state index < -0.39 is 0 Å². The molecule has 4 unspecified atom stereocenters. The molecular formula is C68H76BN3.